The van der Waals surface area contributed by atoms with Crippen LogP contribution in [0.3, 0.4) is 0 Å². The maximum atomic E-state index is 11.1. The van der Waals surface area contributed by atoms with E-state index in [4.69, 9.17) is 0 Å². The van der Waals surface area contributed by atoms with Gasteiger partial charge in [-0.15, -0.1) is 0 Å². The van der Waals surface area contributed by atoms with Gasteiger partial charge in [-0.05, 0) is 13.0 Å². The lowest BCUT2D eigenvalue weighted by Crippen LogP contribution is -2.18. The van der Waals surface area contributed by atoms with Crippen LogP contribution in [0.1, 0.15) is 5.69 Å². The fourth-order valence-electron chi connectivity index (χ4n) is 0.839. The maximum Gasteiger partial charge on any atom is 0.320 e. The van der Waals surface area contributed by atoms with Crippen molar-refractivity contribution in [2.45, 2.75) is 16.9 Å². The predicted octanol–water partition coefficient (Wildman–Crippen LogP) is 1.81. The van der Waals surface area contributed by atoms with Gasteiger partial charge in [0.15, 0.2) is 5.16 Å². The molecule has 0 bridgehead atoms. The highest BCUT2D eigenvalue weighted by atomic mass is 79.9. The van der Waals surface area contributed by atoms with Crippen LogP contribution < -0.4 is 0 Å². The van der Waals surface area contributed by atoms with Crippen molar-refractivity contribution in [3.63, 3.8) is 0 Å². The third kappa shape index (κ3) is 4.17. The van der Waals surface area contributed by atoms with E-state index in [1.807, 2.05) is 13.0 Å². The van der Waals surface area contributed by atoms with Crippen LogP contribution in [-0.2, 0) is 9.53 Å². The molecule has 4 nitrogen and oxygen atoms in total. The van der Waals surface area contributed by atoms with Gasteiger partial charge in [-0.1, -0.05) is 27.7 Å². The summed E-state index contributed by atoms with van der Waals surface area (Å²) in [6.07, 6.45) is 1.70. The third-order valence-corrected chi connectivity index (χ3v) is 3.67. The second-order valence-corrected chi connectivity index (χ2v) is 4.87. The Morgan fingerprint density at radius 1 is 1.73 bits per heavy atom. The molecule has 0 amide bonds. The van der Waals surface area contributed by atoms with Gasteiger partial charge < -0.3 is 4.74 Å². The fraction of sp³-hybridized carbons (Fsp3) is 0.444. The molecule has 0 radical (unpaired) electrons. The molecule has 6 heteroatoms. The highest BCUT2D eigenvalue weighted by Crippen LogP contribution is 2.17. The molecular weight excluding hydrogens is 280 g/mol. The quantitative estimate of drug-likeness (QED) is 0.366. The van der Waals surface area contributed by atoms with Crippen molar-refractivity contribution in [3.8, 4) is 0 Å². The molecule has 0 aliphatic carbocycles. The van der Waals surface area contributed by atoms with Gasteiger partial charge in [-0.25, -0.2) is 9.97 Å². The number of aromatic nitrogens is 2. The summed E-state index contributed by atoms with van der Waals surface area (Å²) in [4.78, 5) is 19.0. The Bertz CT molecular complexity index is 349. The Kier molecular flexibility index (Phi) is 5.04. The van der Waals surface area contributed by atoms with Gasteiger partial charge in [-0.3, -0.25) is 4.79 Å². The molecule has 1 rings (SSSR count). The first-order valence-electron chi connectivity index (χ1n) is 4.28. The van der Waals surface area contributed by atoms with Crippen LogP contribution in [0, 0.1) is 6.92 Å². The van der Waals surface area contributed by atoms with Gasteiger partial charge >= 0.3 is 5.97 Å². The van der Waals surface area contributed by atoms with Gasteiger partial charge in [0.05, 0.1) is 7.11 Å². The fourth-order valence-corrected chi connectivity index (χ4v) is 2.20. The zero-order valence-corrected chi connectivity index (χ0v) is 10.8. The monoisotopic (exact) mass is 290 g/mol. The Morgan fingerprint density at radius 2 is 2.47 bits per heavy atom. The van der Waals surface area contributed by atoms with Crippen molar-refractivity contribution < 1.29 is 9.53 Å². The molecule has 0 saturated heterocycles. The lowest BCUT2D eigenvalue weighted by atomic mass is 10.5. The van der Waals surface area contributed by atoms with E-state index in [1.54, 1.807) is 6.20 Å². The van der Waals surface area contributed by atoms with E-state index >= 15 is 0 Å². The maximum absolute atomic E-state index is 11.1. The minimum atomic E-state index is -0.323. The highest BCUT2D eigenvalue weighted by molar-refractivity contribution is 9.10. The Labute approximate surface area is 101 Å². The molecule has 1 atom stereocenters. The molecule has 82 valence electrons. The summed E-state index contributed by atoms with van der Waals surface area (Å²) in [5.74, 6) is 0.269. The molecule has 0 aliphatic rings. The number of hydrogen-bond donors (Lipinski definition) is 0. The van der Waals surface area contributed by atoms with Crippen LogP contribution in [0.5, 0.6) is 0 Å². The zero-order valence-electron chi connectivity index (χ0n) is 8.44. The molecule has 15 heavy (non-hydrogen) atoms. The zero-order chi connectivity index (χ0) is 11.3. The minimum Gasteiger partial charge on any atom is -0.468 e. The number of alkyl halides is 1. The van der Waals surface area contributed by atoms with Crippen molar-refractivity contribution in [2.24, 2.45) is 0 Å². The van der Waals surface area contributed by atoms with Gasteiger partial charge in [0.1, 0.15) is 4.83 Å². The lowest BCUT2D eigenvalue weighted by molar-refractivity contribution is -0.139. The normalized spacial score (nSPS) is 12.2. The molecule has 0 aliphatic heterocycles. The van der Waals surface area contributed by atoms with E-state index in [-0.39, 0.29) is 10.8 Å². The topological polar surface area (TPSA) is 52.1 Å². The SMILES string of the molecule is COC(=O)C(Br)CSc1nccc(C)n1. The number of rotatable bonds is 4. The van der Waals surface area contributed by atoms with Crippen LogP contribution in [0.2, 0.25) is 0 Å². The van der Waals surface area contributed by atoms with Gasteiger partial charge in [0, 0.05) is 17.6 Å². The number of carbonyl (C=O) groups excluding carboxylic acids is 1. The molecule has 0 spiro atoms. The molecule has 0 N–H and O–H groups in total. The van der Waals surface area contributed by atoms with Crippen LogP contribution in [0.15, 0.2) is 17.4 Å². The van der Waals surface area contributed by atoms with Crippen LogP contribution in [0.25, 0.3) is 0 Å². The number of hydrogen-bond acceptors (Lipinski definition) is 5. The number of nitrogens with zero attached hydrogens (tertiary/aromatic N) is 2. The first kappa shape index (κ1) is 12.4. The summed E-state index contributed by atoms with van der Waals surface area (Å²) < 4.78 is 4.58. The standard InChI is InChI=1S/C9H11BrN2O2S/c1-6-3-4-11-9(12-6)15-5-7(10)8(13)14-2/h3-4,7H,5H2,1-2H3. The molecule has 0 fully saturated rings. The summed E-state index contributed by atoms with van der Waals surface area (Å²) in [7, 11) is 1.37. The first-order valence-corrected chi connectivity index (χ1v) is 6.18. The summed E-state index contributed by atoms with van der Waals surface area (Å²) in [5, 5.41) is 0.670. The number of carbonyl (C=O) groups is 1. The van der Waals surface area contributed by atoms with E-state index in [1.165, 1.54) is 18.9 Å². The van der Waals surface area contributed by atoms with E-state index < -0.39 is 0 Å². The molecule has 0 aromatic carbocycles. The molecule has 1 aromatic rings. The summed E-state index contributed by atoms with van der Waals surface area (Å²) >= 11 is 4.64. The first-order chi connectivity index (χ1) is 7.13. The second-order valence-electron chi connectivity index (χ2n) is 2.78. The van der Waals surface area contributed by atoms with Crippen molar-refractivity contribution in [1.29, 1.82) is 0 Å². The highest BCUT2D eigenvalue weighted by Gasteiger charge is 2.15. The van der Waals surface area contributed by atoms with Crippen LogP contribution in [0.4, 0.5) is 0 Å². The predicted molar refractivity (Wildman–Crippen MR) is 62.2 cm³/mol. The van der Waals surface area contributed by atoms with Crippen molar-refractivity contribution >= 4 is 33.7 Å². The number of aryl methyl sites for hydroxylation is 1. The number of halogens is 1. The van der Waals surface area contributed by atoms with Crippen molar-refractivity contribution in [1.82, 2.24) is 9.97 Å². The molecule has 1 heterocycles. The largest absolute Gasteiger partial charge is 0.468 e. The summed E-state index contributed by atoms with van der Waals surface area (Å²) in [5.41, 5.74) is 0.914. The lowest BCUT2D eigenvalue weighted by Gasteiger charge is -2.05. The molecular formula is C9H11BrN2O2S. The Balaban J connectivity index is 2.47. The number of ether oxygens (including phenoxy) is 1. The third-order valence-electron chi connectivity index (χ3n) is 1.59. The smallest absolute Gasteiger partial charge is 0.320 e. The Morgan fingerprint density at radius 3 is 3.07 bits per heavy atom. The number of methoxy groups -OCH3 is 1. The van der Waals surface area contributed by atoms with Gasteiger partial charge in [0.25, 0.3) is 0 Å². The molecule has 1 unspecified atom stereocenters. The van der Waals surface area contributed by atoms with Crippen molar-refractivity contribution in [3.05, 3.63) is 18.0 Å². The number of thioether (sulfide) groups is 1. The average molecular weight is 291 g/mol. The van der Waals surface area contributed by atoms with E-state index in [9.17, 15) is 4.79 Å². The van der Waals surface area contributed by atoms with Gasteiger partial charge in [0.2, 0.25) is 0 Å². The molecule has 1 aromatic heterocycles. The van der Waals surface area contributed by atoms with Crippen LogP contribution >= 0.6 is 27.7 Å². The summed E-state index contributed by atoms with van der Waals surface area (Å²) in [6, 6.07) is 1.83. The van der Waals surface area contributed by atoms with Crippen LogP contribution in [-0.4, -0.2) is 33.6 Å². The van der Waals surface area contributed by atoms with E-state index in [0.717, 1.165) is 5.69 Å². The Hall–Kier alpha value is -0.620. The molecule has 0 saturated carbocycles. The van der Waals surface area contributed by atoms with E-state index in [2.05, 4.69) is 30.6 Å². The number of esters is 1. The average Bonchev–Trinajstić information content (AvgIpc) is 2.25. The van der Waals surface area contributed by atoms with Crippen molar-refractivity contribution in [2.75, 3.05) is 12.9 Å². The minimum absolute atomic E-state index is 0.282. The second kappa shape index (κ2) is 6.07. The van der Waals surface area contributed by atoms with Gasteiger partial charge in [-0.2, -0.15) is 0 Å². The van der Waals surface area contributed by atoms with E-state index in [0.29, 0.717) is 10.9 Å². The summed E-state index contributed by atoms with van der Waals surface area (Å²) in [6.45, 7) is 1.90.